The zero-order valence-corrected chi connectivity index (χ0v) is 14.0. The van der Waals surface area contributed by atoms with Crippen molar-refractivity contribution in [2.24, 2.45) is 5.41 Å². The Balaban J connectivity index is 1.87. The smallest absolute Gasteiger partial charge is 0.0962 e. The molecule has 2 nitrogen and oxygen atoms in total. The summed E-state index contributed by atoms with van der Waals surface area (Å²) in [7, 11) is 2.10. The number of nitrogens with zero attached hydrogens (tertiary/aromatic N) is 1. The number of hydrogen-bond donors (Lipinski definition) is 1. The lowest BCUT2D eigenvalue weighted by molar-refractivity contribution is 0.265. The van der Waals surface area contributed by atoms with Gasteiger partial charge >= 0.3 is 0 Å². The van der Waals surface area contributed by atoms with Crippen molar-refractivity contribution >= 4 is 11.3 Å². The molecule has 1 N–H and O–H groups in total. The predicted octanol–water partition coefficient (Wildman–Crippen LogP) is 4.81. The minimum atomic E-state index is 0.384. The Hall–Kier alpha value is -0.410. The first-order chi connectivity index (χ1) is 9.59. The molecule has 0 amide bonds. The van der Waals surface area contributed by atoms with Crippen molar-refractivity contribution in [2.75, 3.05) is 7.05 Å². The first-order valence-corrected chi connectivity index (χ1v) is 9.07. The highest BCUT2D eigenvalue weighted by Gasteiger charge is 2.35. The van der Waals surface area contributed by atoms with Crippen molar-refractivity contribution in [1.82, 2.24) is 10.3 Å². The standard InChI is InChI=1S/C17H28N2S/c1-17(2)10-13(18-3)15-14(11-17)19-16(20-15)12-8-6-4-5-7-9-12/h12-13,18H,4-11H2,1-3H3. The zero-order valence-electron chi connectivity index (χ0n) is 13.2. The summed E-state index contributed by atoms with van der Waals surface area (Å²) in [5.41, 5.74) is 1.78. The van der Waals surface area contributed by atoms with Crippen LogP contribution in [0.2, 0.25) is 0 Å². The number of nitrogens with one attached hydrogen (secondary N) is 1. The Bertz CT molecular complexity index is 456. The van der Waals surface area contributed by atoms with Crippen LogP contribution in [-0.2, 0) is 6.42 Å². The maximum atomic E-state index is 5.09. The fourth-order valence-electron chi connectivity index (χ4n) is 3.89. The van der Waals surface area contributed by atoms with Gasteiger partial charge in [-0.3, -0.25) is 0 Å². The molecule has 0 spiro atoms. The Morgan fingerprint density at radius 3 is 2.50 bits per heavy atom. The van der Waals surface area contributed by atoms with Gasteiger partial charge in [0, 0.05) is 16.8 Å². The molecule has 1 fully saturated rings. The van der Waals surface area contributed by atoms with Crippen LogP contribution < -0.4 is 5.32 Å². The van der Waals surface area contributed by atoms with Gasteiger partial charge in [0.15, 0.2) is 0 Å². The lowest BCUT2D eigenvalue weighted by atomic mass is 9.76. The largest absolute Gasteiger partial charge is 0.312 e. The molecule has 1 heterocycles. The van der Waals surface area contributed by atoms with E-state index < -0.39 is 0 Å². The first kappa shape index (κ1) is 14.5. The molecular weight excluding hydrogens is 264 g/mol. The van der Waals surface area contributed by atoms with Crippen molar-refractivity contribution < 1.29 is 0 Å². The molecule has 2 aliphatic carbocycles. The third kappa shape index (κ3) is 2.94. The van der Waals surface area contributed by atoms with Gasteiger partial charge < -0.3 is 5.32 Å². The van der Waals surface area contributed by atoms with E-state index in [0.717, 1.165) is 12.3 Å². The van der Waals surface area contributed by atoms with E-state index in [1.807, 2.05) is 11.3 Å². The van der Waals surface area contributed by atoms with Crippen LogP contribution in [0.5, 0.6) is 0 Å². The number of aromatic nitrogens is 1. The molecule has 1 saturated carbocycles. The quantitative estimate of drug-likeness (QED) is 0.791. The van der Waals surface area contributed by atoms with Gasteiger partial charge in [-0.15, -0.1) is 11.3 Å². The Labute approximate surface area is 127 Å². The summed E-state index contributed by atoms with van der Waals surface area (Å²) < 4.78 is 0. The van der Waals surface area contributed by atoms with Crippen LogP contribution in [0.4, 0.5) is 0 Å². The molecule has 112 valence electrons. The topological polar surface area (TPSA) is 24.9 Å². The average molecular weight is 292 g/mol. The van der Waals surface area contributed by atoms with Crippen LogP contribution in [0.1, 0.15) is 86.3 Å². The molecule has 1 aromatic rings. The molecule has 2 aliphatic rings. The molecule has 20 heavy (non-hydrogen) atoms. The summed E-state index contributed by atoms with van der Waals surface area (Å²) in [6, 6.07) is 0.519. The highest BCUT2D eigenvalue weighted by atomic mass is 32.1. The molecule has 0 aromatic carbocycles. The third-order valence-electron chi connectivity index (χ3n) is 5.02. The normalized spacial score (nSPS) is 27.1. The minimum absolute atomic E-state index is 0.384. The predicted molar refractivity (Wildman–Crippen MR) is 86.5 cm³/mol. The molecule has 0 saturated heterocycles. The number of thiazole rings is 1. The van der Waals surface area contributed by atoms with Crippen LogP contribution in [0.25, 0.3) is 0 Å². The van der Waals surface area contributed by atoms with Crippen LogP contribution in [0.3, 0.4) is 0 Å². The lowest BCUT2D eigenvalue weighted by Gasteiger charge is -2.34. The van der Waals surface area contributed by atoms with E-state index in [2.05, 4.69) is 26.2 Å². The van der Waals surface area contributed by atoms with E-state index in [1.54, 1.807) is 0 Å². The summed E-state index contributed by atoms with van der Waals surface area (Å²) in [4.78, 5) is 6.62. The van der Waals surface area contributed by atoms with E-state index in [4.69, 9.17) is 4.98 Å². The molecule has 3 rings (SSSR count). The van der Waals surface area contributed by atoms with Crippen molar-refractivity contribution in [2.45, 2.75) is 77.2 Å². The molecule has 3 heteroatoms. The highest BCUT2D eigenvalue weighted by Crippen LogP contribution is 2.45. The first-order valence-electron chi connectivity index (χ1n) is 8.26. The van der Waals surface area contributed by atoms with Crippen molar-refractivity contribution in [3.05, 3.63) is 15.6 Å². The summed E-state index contributed by atoms with van der Waals surface area (Å²) in [5.74, 6) is 0.744. The van der Waals surface area contributed by atoms with E-state index in [-0.39, 0.29) is 0 Å². The van der Waals surface area contributed by atoms with Gasteiger partial charge in [-0.1, -0.05) is 39.5 Å². The fraction of sp³-hybridized carbons (Fsp3) is 0.824. The summed E-state index contributed by atoms with van der Waals surface area (Å²) in [6.07, 6.45) is 10.8. The van der Waals surface area contributed by atoms with Gasteiger partial charge in [0.1, 0.15) is 0 Å². The van der Waals surface area contributed by atoms with Crippen LogP contribution in [0.15, 0.2) is 0 Å². The van der Waals surface area contributed by atoms with Crippen LogP contribution in [0, 0.1) is 5.41 Å². The van der Waals surface area contributed by atoms with Gasteiger partial charge in [0.25, 0.3) is 0 Å². The zero-order chi connectivity index (χ0) is 14.2. The molecule has 0 bridgehead atoms. The Morgan fingerprint density at radius 2 is 1.85 bits per heavy atom. The summed E-state index contributed by atoms with van der Waals surface area (Å²) in [5, 5.41) is 4.95. The van der Waals surface area contributed by atoms with Crippen LogP contribution >= 0.6 is 11.3 Å². The van der Waals surface area contributed by atoms with E-state index in [9.17, 15) is 0 Å². The number of hydrogen-bond acceptors (Lipinski definition) is 3. The molecule has 1 aromatic heterocycles. The van der Waals surface area contributed by atoms with E-state index in [1.165, 1.54) is 60.5 Å². The van der Waals surface area contributed by atoms with Crippen LogP contribution in [-0.4, -0.2) is 12.0 Å². The Kier molecular flexibility index (Phi) is 4.19. The Morgan fingerprint density at radius 1 is 1.15 bits per heavy atom. The monoisotopic (exact) mass is 292 g/mol. The van der Waals surface area contributed by atoms with Crippen molar-refractivity contribution in [3.8, 4) is 0 Å². The average Bonchev–Trinajstić information content (AvgIpc) is 2.63. The maximum absolute atomic E-state index is 5.09. The number of fused-ring (bicyclic) bond motifs is 1. The van der Waals surface area contributed by atoms with Gasteiger partial charge in [0.2, 0.25) is 0 Å². The van der Waals surface area contributed by atoms with Gasteiger partial charge in [-0.05, 0) is 38.1 Å². The van der Waals surface area contributed by atoms with Crippen molar-refractivity contribution in [1.29, 1.82) is 0 Å². The second kappa shape index (κ2) is 5.76. The summed E-state index contributed by atoms with van der Waals surface area (Å²) >= 11 is 2.01. The molecule has 0 aliphatic heterocycles. The molecule has 1 unspecified atom stereocenters. The summed E-state index contributed by atoms with van der Waals surface area (Å²) in [6.45, 7) is 4.76. The van der Waals surface area contributed by atoms with Gasteiger partial charge in [-0.2, -0.15) is 0 Å². The lowest BCUT2D eigenvalue weighted by Crippen LogP contribution is -2.30. The maximum Gasteiger partial charge on any atom is 0.0962 e. The minimum Gasteiger partial charge on any atom is -0.312 e. The van der Waals surface area contributed by atoms with Gasteiger partial charge in [-0.25, -0.2) is 4.98 Å². The molecule has 0 radical (unpaired) electrons. The van der Waals surface area contributed by atoms with E-state index >= 15 is 0 Å². The molecule has 1 atom stereocenters. The van der Waals surface area contributed by atoms with Crippen molar-refractivity contribution in [3.63, 3.8) is 0 Å². The highest BCUT2D eigenvalue weighted by molar-refractivity contribution is 7.12. The number of rotatable bonds is 2. The third-order valence-corrected chi connectivity index (χ3v) is 6.39. The molecular formula is C17H28N2S. The second-order valence-corrected chi connectivity index (χ2v) is 8.50. The van der Waals surface area contributed by atoms with E-state index in [0.29, 0.717) is 11.5 Å². The fourth-order valence-corrected chi connectivity index (χ4v) is 5.25. The van der Waals surface area contributed by atoms with Gasteiger partial charge in [0.05, 0.1) is 10.7 Å². The second-order valence-electron chi connectivity index (χ2n) is 7.44. The SMILES string of the molecule is CNC1CC(C)(C)Cc2nc(C3CCCCCC3)sc21.